The van der Waals surface area contributed by atoms with Crippen molar-refractivity contribution < 1.29 is 14.4 Å². The zero-order chi connectivity index (χ0) is 15.5. The van der Waals surface area contributed by atoms with Crippen LogP contribution in [0.25, 0.3) is 0 Å². The molecule has 2 rings (SSSR count). The molecule has 5 nitrogen and oxygen atoms in total. The summed E-state index contributed by atoms with van der Waals surface area (Å²) in [6.07, 6.45) is 5.71. The fourth-order valence-electron chi connectivity index (χ4n) is 2.73. The van der Waals surface area contributed by atoms with E-state index in [0.29, 0.717) is 0 Å². The van der Waals surface area contributed by atoms with E-state index in [1.54, 1.807) is 6.92 Å². The molecule has 0 atom stereocenters. The predicted molar refractivity (Wildman–Crippen MR) is 76.9 cm³/mol. The van der Waals surface area contributed by atoms with Gasteiger partial charge in [-0.15, -0.1) is 0 Å². The molecule has 1 saturated heterocycles. The lowest BCUT2D eigenvalue weighted by atomic mass is 9.74. The average molecular weight is 280 g/mol. The van der Waals surface area contributed by atoms with E-state index in [1.165, 1.54) is 14.1 Å². The fraction of sp³-hybridized carbons (Fsp3) is 0.667. The summed E-state index contributed by atoms with van der Waals surface area (Å²) in [5.41, 5.74) is -0.340. The first-order valence-corrected chi connectivity index (χ1v) is 7.20. The van der Waals surface area contributed by atoms with Crippen LogP contribution in [0.3, 0.4) is 0 Å². The monoisotopic (exact) mass is 280 g/mol. The molecule has 0 bridgehead atoms. The van der Waals surface area contributed by atoms with Crippen molar-refractivity contribution in [1.82, 2.24) is 9.80 Å². The van der Waals surface area contributed by atoms with Gasteiger partial charge in [0.1, 0.15) is 5.41 Å². The molecule has 0 unspecified atom stereocenters. The number of nitrogens with zero attached hydrogens (tertiary/aromatic N) is 2. The molecule has 1 heterocycles. The van der Waals surface area contributed by atoms with E-state index in [4.69, 9.17) is 0 Å². The molecule has 5 heteroatoms. The molecule has 0 spiro atoms. The molecule has 0 radical (unpaired) electrons. The highest BCUT2D eigenvalue weighted by atomic mass is 16.2. The van der Waals surface area contributed by atoms with Crippen LogP contribution < -0.4 is 0 Å². The first-order valence-electron chi connectivity index (χ1n) is 7.20. The third-order valence-corrected chi connectivity index (χ3v) is 3.97. The Bertz CT molecular complexity index is 430. The summed E-state index contributed by atoms with van der Waals surface area (Å²) in [6.45, 7) is 5.63. The van der Waals surface area contributed by atoms with Crippen LogP contribution in [-0.2, 0) is 9.59 Å². The van der Waals surface area contributed by atoms with E-state index >= 15 is 0 Å². The third kappa shape index (κ3) is 2.37. The number of allylic oxidation sites excluding steroid dienone is 1. The van der Waals surface area contributed by atoms with Gasteiger partial charge in [0.2, 0.25) is 11.8 Å². The summed E-state index contributed by atoms with van der Waals surface area (Å²) >= 11 is 0. The number of carbonyl (C=O) groups is 3. The Morgan fingerprint density at radius 1 is 1.00 bits per heavy atom. The lowest BCUT2D eigenvalue weighted by Crippen LogP contribution is -2.62. The van der Waals surface area contributed by atoms with E-state index in [-0.39, 0.29) is 0 Å². The Balaban J connectivity index is 0.000000956. The van der Waals surface area contributed by atoms with Crippen molar-refractivity contribution in [3.8, 4) is 0 Å². The number of imide groups is 2. The third-order valence-electron chi connectivity index (χ3n) is 3.97. The van der Waals surface area contributed by atoms with Crippen LogP contribution in [0.5, 0.6) is 0 Å². The van der Waals surface area contributed by atoms with Crippen LogP contribution in [-0.4, -0.2) is 41.7 Å². The first kappa shape index (κ1) is 16.4. The molecular weight excluding hydrogens is 256 g/mol. The molecule has 0 aromatic rings. The largest absolute Gasteiger partial charge is 0.332 e. The van der Waals surface area contributed by atoms with Crippen LogP contribution in [0.1, 0.15) is 46.5 Å². The van der Waals surface area contributed by atoms with E-state index < -0.39 is 23.3 Å². The van der Waals surface area contributed by atoms with Gasteiger partial charge in [-0.05, 0) is 38.2 Å². The van der Waals surface area contributed by atoms with Crippen molar-refractivity contribution in [3.63, 3.8) is 0 Å². The summed E-state index contributed by atoms with van der Waals surface area (Å²) in [7, 11) is 2.85. The van der Waals surface area contributed by atoms with Crippen molar-refractivity contribution in [2.24, 2.45) is 5.41 Å². The van der Waals surface area contributed by atoms with Gasteiger partial charge in [0.25, 0.3) is 0 Å². The second kappa shape index (κ2) is 6.20. The van der Waals surface area contributed by atoms with Crippen molar-refractivity contribution in [2.75, 3.05) is 14.1 Å². The lowest BCUT2D eigenvalue weighted by Gasteiger charge is -2.41. The van der Waals surface area contributed by atoms with E-state index in [0.717, 1.165) is 41.1 Å². The summed E-state index contributed by atoms with van der Waals surface area (Å²) in [6, 6.07) is -0.557. The van der Waals surface area contributed by atoms with Crippen LogP contribution in [0.4, 0.5) is 4.79 Å². The predicted octanol–water partition coefficient (Wildman–Crippen LogP) is 2.57. The molecule has 0 saturated carbocycles. The van der Waals surface area contributed by atoms with Gasteiger partial charge >= 0.3 is 6.03 Å². The zero-order valence-corrected chi connectivity index (χ0v) is 13.0. The number of rotatable bonds is 1. The van der Waals surface area contributed by atoms with Gasteiger partial charge in [0, 0.05) is 14.1 Å². The summed E-state index contributed by atoms with van der Waals surface area (Å²) < 4.78 is 0. The second-order valence-electron chi connectivity index (χ2n) is 5.11. The fourth-order valence-corrected chi connectivity index (χ4v) is 2.73. The Labute approximate surface area is 120 Å². The second-order valence-corrected chi connectivity index (χ2v) is 5.11. The van der Waals surface area contributed by atoms with Crippen molar-refractivity contribution in [1.29, 1.82) is 0 Å². The number of hydrogen-bond acceptors (Lipinski definition) is 3. The van der Waals surface area contributed by atoms with Gasteiger partial charge < -0.3 is 0 Å². The lowest BCUT2D eigenvalue weighted by molar-refractivity contribution is -0.153. The van der Waals surface area contributed by atoms with E-state index in [9.17, 15) is 14.4 Å². The SMILES string of the molecule is CC.CN1C(=O)N(C)C(=O)C(C)(C2=CCCCC2)C1=O. The maximum Gasteiger partial charge on any atom is 0.332 e. The van der Waals surface area contributed by atoms with Crippen LogP contribution in [0.15, 0.2) is 11.6 Å². The molecule has 1 aliphatic heterocycles. The van der Waals surface area contributed by atoms with Gasteiger partial charge in [0.05, 0.1) is 0 Å². The van der Waals surface area contributed by atoms with Crippen molar-refractivity contribution in [2.45, 2.75) is 46.5 Å². The Morgan fingerprint density at radius 2 is 1.50 bits per heavy atom. The van der Waals surface area contributed by atoms with Crippen molar-refractivity contribution >= 4 is 17.8 Å². The molecule has 1 fully saturated rings. The van der Waals surface area contributed by atoms with Crippen molar-refractivity contribution in [3.05, 3.63) is 11.6 Å². The molecular formula is C15H24N2O3. The maximum absolute atomic E-state index is 12.3. The molecule has 0 N–H and O–H groups in total. The Morgan fingerprint density at radius 3 is 1.90 bits per heavy atom. The van der Waals surface area contributed by atoms with Crippen LogP contribution in [0, 0.1) is 5.41 Å². The highest BCUT2D eigenvalue weighted by molar-refractivity contribution is 6.20. The summed E-state index contributed by atoms with van der Waals surface area (Å²) in [5.74, 6) is -0.826. The molecule has 0 aromatic carbocycles. The maximum atomic E-state index is 12.3. The van der Waals surface area contributed by atoms with E-state index in [1.807, 2.05) is 19.9 Å². The molecule has 2 aliphatic rings. The van der Waals surface area contributed by atoms with Gasteiger partial charge in [-0.2, -0.15) is 0 Å². The number of hydrogen-bond donors (Lipinski definition) is 0. The van der Waals surface area contributed by atoms with Crippen LogP contribution >= 0.6 is 0 Å². The van der Waals surface area contributed by atoms with Crippen LogP contribution in [0.2, 0.25) is 0 Å². The Kier molecular flexibility index (Phi) is 5.09. The standard InChI is InChI=1S/C13H18N2O3.C2H6/c1-13(9-7-5-4-6-8-9)10(16)14(2)12(18)15(3)11(13)17;1-2/h7H,4-6,8H2,1-3H3;1-2H3. The Hall–Kier alpha value is -1.65. The first-order chi connectivity index (χ1) is 9.40. The highest BCUT2D eigenvalue weighted by Gasteiger charge is 2.54. The minimum Gasteiger partial charge on any atom is -0.273 e. The number of amides is 4. The normalized spacial score (nSPS) is 22.2. The minimum absolute atomic E-state index is 0.413. The summed E-state index contributed by atoms with van der Waals surface area (Å²) in [5, 5.41) is 0. The molecule has 20 heavy (non-hydrogen) atoms. The van der Waals surface area contributed by atoms with Gasteiger partial charge in [-0.25, -0.2) is 4.79 Å². The highest BCUT2D eigenvalue weighted by Crippen LogP contribution is 2.39. The molecule has 112 valence electrons. The van der Waals surface area contributed by atoms with Gasteiger partial charge in [0.15, 0.2) is 0 Å². The van der Waals surface area contributed by atoms with Gasteiger partial charge in [-0.1, -0.05) is 19.9 Å². The van der Waals surface area contributed by atoms with Gasteiger partial charge in [-0.3, -0.25) is 19.4 Å². The number of barbiturate groups is 1. The molecule has 4 amide bonds. The molecule has 0 aromatic heterocycles. The average Bonchev–Trinajstić information content (AvgIpc) is 2.52. The summed E-state index contributed by atoms with van der Waals surface area (Å²) in [4.78, 5) is 38.4. The minimum atomic E-state index is -1.20. The number of carbonyl (C=O) groups excluding carboxylic acids is 3. The smallest absolute Gasteiger partial charge is 0.273 e. The number of urea groups is 1. The topological polar surface area (TPSA) is 57.7 Å². The van der Waals surface area contributed by atoms with E-state index in [2.05, 4.69) is 0 Å². The zero-order valence-electron chi connectivity index (χ0n) is 13.0. The molecule has 1 aliphatic carbocycles. The quantitative estimate of drug-likeness (QED) is 0.548.